The van der Waals surface area contributed by atoms with Crippen LogP contribution in [0.1, 0.15) is 23.2 Å². The molecule has 0 amide bonds. The van der Waals surface area contributed by atoms with Crippen molar-refractivity contribution in [1.82, 2.24) is 9.29 Å². The highest BCUT2D eigenvalue weighted by Gasteiger charge is 2.38. The Hall–Kier alpha value is -1.51. The van der Waals surface area contributed by atoms with E-state index in [4.69, 9.17) is 9.84 Å². The van der Waals surface area contributed by atoms with E-state index < -0.39 is 16.0 Å². The molecule has 0 aliphatic heterocycles. The van der Waals surface area contributed by atoms with Crippen molar-refractivity contribution in [3.05, 3.63) is 23.9 Å². The molecule has 0 aromatic carbocycles. The molecule has 0 unspecified atom stereocenters. The van der Waals surface area contributed by atoms with E-state index in [1.54, 1.807) is 0 Å². The van der Waals surface area contributed by atoms with Crippen LogP contribution in [-0.4, -0.2) is 55.1 Å². The number of ether oxygens (including phenoxy) is 1. The van der Waals surface area contributed by atoms with E-state index in [2.05, 4.69) is 4.98 Å². The van der Waals surface area contributed by atoms with E-state index in [0.717, 1.165) is 19.0 Å². The lowest BCUT2D eigenvalue weighted by Gasteiger charge is -2.20. The maximum Gasteiger partial charge on any atom is 0.337 e. The summed E-state index contributed by atoms with van der Waals surface area (Å²) in [5, 5.41) is 8.65. The van der Waals surface area contributed by atoms with Crippen molar-refractivity contribution in [1.29, 1.82) is 0 Å². The molecular weight excluding hydrogens is 284 g/mol. The molecule has 0 spiro atoms. The van der Waals surface area contributed by atoms with Crippen molar-refractivity contribution in [2.24, 2.45) is 0 Å². The second kappa shape index (κ2) is 5.86. The number of aromatic carboxylic acids is 1. The van der Waals surface area contributed by atoms with Gasteiger partial charge < -0.3 is 9.84 Å². The lowest BCUT2D eigenvalue weighted by Crippen LogP contribution is -2.36. The second-order valence-corrected chi connectivity index (χ2v) is 6.37. The number of methoxy groups -OCH3 is 1. The van der Waals surface area contributed by atoms with Crippen LogP contribution in [0.3, 0.4) is 0 Å². The van der Waals surface area contributed by atoms with Gasteiger partial charge in [-0.3, -0.25) is 0 Å². The van der Waals surface area contributed by atoms with Crippen molar-refractivity contribution in [3.8, 4) is 0 Å². The monoisotopic (exact) mass is 300 g/mol. The molecule has 1 heterocycles. The van der Waals surface area contributed by atoms with Crippen molar-refractivity contribution in [2.75, 3.05) is 20.3 Å². The third-order valence-corrected chi connectivity index (χ3v) is 4.89. The largest absolute Gasteiger partial charge is 0.478 e. The third kappa shape index (κ3) is 3.14. The minimum atomic E-state index is -3.70. The number of carboxylic acids is 1. The summed E-state index contributed by atoms with van der Waals surface area (Å²) in [6.45, 7) is 0.578. The molecule has 0 saturated heterocycles. The Morgan fingerprint density at radius 1 is 1.50 bits per heavy atom. The van der Waals surface area contributed by atoms with Crippen LogP contribution in [0.4, 0.5) is 0 Å². The van der Waals surface area contributed by atoms with Crippen molar-refractivity contribution < 1.29 is 23.1 Å². The molecule has 8 heteroatoms. The van der Waals surface area contributed by atoms with Crippen LogP contribution in [0.15, 0.2) is 23.4 Å². The van der Waals surface area contributed by atoms with Crippen LogP contribution in [0.2, 0.25) is 0 Å². The Morgan fingerprint density at radius 3 is 2.65 bits per heavy atom. The summed E-state index contributed by atoms with van der Waals surface area (Å²) in [6.07, 6.45) is 2.71. The summed E-state index contributed by atoms with van der Waals surface area (Å²) in [7, 11) is -2.19. The predicted molar refractivity (Wildman–Crippen MR) is 70.0 cm³/mol. The highest BCUT2D eigenvalue weighted by atomic mass is 32.2. The first-order chi connectivity index (χ1) is 9.46. The normalized spacial score (nSPS) is 15.5. The van der Waals surface area contributed by atoms with Gasteiger partial charge in [-0.05, 0) is 25.0 Å². The molecule has 0 atom stereocenters. The zero-order chi connectivity index (χ0) is 14.8. The van der Waals surface area contributed by atoms with E-state index in [0.29, 0.717) is 6.61 Å². The minimum Gasteiger partial charge on any atom is -0.478 e. The summed E-state index contributed by atoms with van der Waals surface area (Å²) in [6, 6.07) is 2.46. The molecule has 110 valence electrons. The van der Waals surface area contributed by atoms with Crippen LogP contribution in [-0.2, 0) is 14.8 Å². The van der Waals surface area contributed by atoms with Gasteiger partial charge in [0.25, 0.3) is 10.0 Å². The summed E-state index contributed by atoms with van der Waals surface area (Å²) in [4.78, 5) is 14.5. The van der Waals surface area contributed by atoms with Crippen molar-refractivity contribution >= 4 is 16.0 Å². The molecule has 1 aliphatic rings. The zero-order valence-corrected chi connectivity index (χ0v) is 11.8. The van der Waals surface area contributed by atoms with Gasteiger partial charge in [0, 0.05) is 25.9 Å². The van der Waals surface area contributed by atoms with Gasteiger partial charge in [0.2, 0.25) is 0 Å². The average Bonchev–Trinajstić information content (AvgIpc) is 3.23. The Kier molecular flexibility index (Phi) is 4.36. The van der Waals surface area contributed by atoms with Gasteiger partial charge in [0.15, 0.2) is 5.03 Å². The molecule has 0 bridgehead atoms. The number of hydrogen-bond acceptors (Lipinski definition) is 5. The number of sulfonamides is 1. The summed E-state index contributed by atoms with van der Waals surface area (Å²) in [5.74, 6) is -1.14. The lowest BCUT2D eigenvalue weighted by atomic mass is 10.3. The Bertz CT molecular complexity index is 580. The molecule has 1 aromatic heterocycles. The standard InChI is InChI=1S/C12H16N2O5S/c1-19-7-6-14(10-3-4-10)20(17,18)11-5-2-9(8-13-11)12(15)16/h2,5,8,10H,3-4,6-7H2,1H3,(H,15,16). The molecule has 2 rings (SSSR count). The van der Waals surface area contributed by atoms with E-state index in [-0.39, 0.29) is 23.2 Å². The number of pyridine rings is 1. The van der Waals surface area contributed by atoms with E-state index in [1.807, 2.05) is 0 Å². The number of aromatic nitrogens is 1. The van der Waals surface area contributed by atoms with E-state index in [9.17, 15) is 13.2 Å². The molecule has 1 saturated carbocycles. The SMILES string of the molecule is COCCN(C1CC1)S(=O)(=O)c1ccc(C(=O)O)cn1. The molecule has 1 aliphatic carbocycles. The maximum atomic E-state index is 12.5. The topological polar surface area (TPSA) is 96.8 Å². The van der Waals surface area contributed by atoms with E-state index >= 15 is 0 Å². The van der Waals surface area contributed by atoms with Crippen LogP contribution < -0.4 is 0 Å². The molecule has 7 nitrogen and oxygen atoms in total. The highest BCUT2D eigenvalue weighted by molar-refractivity contribution is 7.89. The number of carbonyl (C=O) groups is 1. The Morgan fingerprint density at radius 2 is 2.20 bits per heavy atom. The van der Waals surface area contributed by atoms with Crippen LogP contribution in [0.25, 0.3) is 0 Å². The highest BCUT2D eigenvalue weighted by Crippen LogP contribution is 2.31. The fraction of sp³-hybridized carbons (Fsp3) is 0.500. The predicted octanol–water partition coefficient (Wildman–Crippen LogP) is 0.579. The molecule has 20 heavy (non-hydrogen) atoms. The second-order valence-electron chi connectivity index (χ2n) is 4.53. The molecule has 1 N–H and O–H groups in total. The smallest absolute Gasteiger partial charge is 0.337 e. The first kappa shape index (κ1) is 14.9. The van der Waals surface area contributed by atoms with E-state index in [1.165, 1.54) is 23.5 Å². The van der Waals surface area contributed by atoms with Crippen LogP contribution in [0, 0.1) is 0 Å². The summed E-state index contributed by atoms with van der Waals surface area (Å²) >= 11 is 0. The van der Waals surface area contributed by atoms with Gasteiger partial charge in [-0.2, -0.15) is 4.31 Å². The third-order valence-electron chi connectivity index (χ3n) is 3.03. The van der Waals surface area contributed by atoms with Gasteiger partial charge in [0.1, 0.15) is 0 Å². The Labute approximate surface area is 117 Å². The Balaban J connectivity index is 2.25. The van der Waals surface area contributed by atoms with Gasteiger partial charge >= 0.3 is 5.97 Å². The number of rotatable bonds is 7. The maximum absolute atomic E-state index is 12.5. The van der Waals surface area contributed by atoms with Crippen molar-refractivity contribution in [3.63, 3.8) is 0 Å². The van der Waals surface area contributed by atoms with Gasteiger partial charge in [0.05, 0.1) is 12.2 Å². The van der Waals surface area contributed by atoms with Gasteiger partial charge in [-0.25, -0.2) is 18.2 Å². The van der Waals surface area contributed by atoms with Gasteiger partial charge in [-0.1, -0.05) is 0 Å². The first-order valence-corrected chi connectivity index (χ1v) is 7.61. The minimum absolute atomic E-state index is 0.00361. The molecule has 0 radical (unpaired) electrons. The van der Waals surface area contributed by atoms with Gasteiger partial charge in [-0.15, -0.1) is 0 Å². The quantitative estimate of drug-likeness (QED) is 0.791. The molecular formula is C12H16N2O5S. The fourth-order valence-electron chi connectivity index (χ4n) is 1.82. The lowest BCUT2D eigenvalue weighted by molar-refractivity contribution is 0.0696. The molecule has 1 aromatic rings. The summed E-state index contributed by atoms with van der Waals surface area (Å²) in [5.41, 5.74) is -0.0428. The zero-order valence-electron chi connectivity index (χ0n) is 11.0. The summed E-state index contributed by atoms with van der Waals surface area (Å²) < 4.78 is 31.2. The first-order valence-electron chi connectivity index (χ1n) is 6.17. The fourth-order valence-corrected chi connectivity index (χ4v) is 3.41. The average molecular weight is 300 g/mol. The number of nitrogens with zero attached hydrogens (tertiary/aromatic N) is 2. The number of hydrogen-bond donors (Lipinski definition) is 1. The van der Waals surface area contributed by atoms with Crippen LogP contribution in [0.5, 0.6) is 0 Å². The van der Waals surface area contributed by atoms with Crippen molar-refractivity contribution in [2.45, 2.75) is 23.9 Å². The molecule has 1 fully saturated rings. The number of carboxylic acid groups (broad SMARTS) is 1. The van der Waals surface area contributed by atoms with Crippen LogP contribution >= 0.6 is 0 Å².